The Bertz CT molecular complexity index is 1080. The van der Waals surface area contributed by atoms with E-state index >= 15 is 0 Å². The fourth-order valence-corrected chi connectivity index (χ4v) is 4.24. The quantitative estimate of drug-likeness (QED) is 0.653. The molecule has 0 spiro atoms. The number of rotatable bonds is 4. The highest BCUT2D eigenvalue weighted by molar-refractivity contribution is 5.98. The van der Waals surface area contributed by atoms with Gasteiger partial charge in [-0.05, 0) is 30.0 Å². The van der Waals surface area contributed by atoms with Crippen molar-refractivity contribution >= 4 is 23.6 Å². The van der Waals surface area contributed by atoms with Gasteiger partial charge in [0.25, 0.3) is 0 Å². The molecule has 31 heavy (non-hydrogen) atoms. The lowest BCUT2D eigenvalue weighted by molar-refractivity contribution is 0.0957. The van der Waals surface area contributed by atoms with Crippen molar-refractivity contribution in [2.45, 2.75) is 12.8 Å². The zero-order valence-electron chi connectivity index (χ0n) is 17.4. The molecule has 2 aromatic heterocycles. The summed E-state index contributed by atoms with van der Waals surface area (Å²) in [6.45, 7) is 3.42. The summed E-state index contributed by atoms with van der Waals surface area (Å²) < 4.78 is 0. The number of Topliss-reactive ketones (excluding diaryl/α,β-unsaturated/α-hetero) is 1. The molecule has 0 radical (unpaired) electrons. The fourth-order valence-electron chi connectivity index (χ4n) is 4.24. The minimum Gasteiger partial charge on any atom is -0.353 e. The zero-order valence-corrected chi connectivity index (χ0v) is 17.4. The number of hydrogen-bond donors (Lipinski definition) is 0. The average molecular weight is 412 g/mol. The first-order valence-electron chi connectivity index (χ1n) is 10.8. The van der Waals surface area contributed by atoms with Gasteiger partial charge in [0, 0.05) is 45.0 Å². The third kappa shape index (κ3) is 4.33. The average Bonchev–Trinajstić information content (AvgIpc) is 2.84. The molecule has 0 N–H and O–H groups in total. The van der Waals surface area contributed by atoms with Crippen LogP contribution in [0.3, 0.4) is 0 Å². The monoisotopic (exact) mass is 411 g/mol. The largest absolute Gasteiger partial charge is 0.353 e. The summed E-state index contributed by atoms with van der Waals surface area (Å²) in [5, 5.41) is 0. The number of nitrogens with zero attached hydrogens (tertiary/aromatic N) is 5. The van der Waals surface area contributed by atoms with Gasteiger partial charge >= 0.3 is 0 Å². The second kappa shape index (κ2) is 8.68. The number of fused-ring (bicyclic) bond motifs is 1. The molecule has 5 rings (SSSR count). The van der Waals surface area contributed by atoms with E-state index in [9.17, 15) is 4.79 Å². The Balaban J connectivity index is 1.28. The van der Waals surface area contributed by atoms with Crippen LogP contribution in [-0.2, 0) is 6.42 Å². The van der Waals surface area contributed by atoms with Crippen LogP contribution in [0.4, 0.5) is 11.8 Å². The highest BCUT2D eigenvalue weighted by Gasteiger charge is 2.27. The first-order valence-corrected chi connectivity index (χ1v) is 10.8. The molecule has 156 valence electrons. The van der Waals surface area contributed by atoms with Crippen molar-refractivity contribution in [3.8, 4) is 0 Å². The Morgan fingerprint density at radius 1 is 0.871 bits per heavy atom. The van der Waals surface area contributed by atoms with Crippen molar-refractivity contribution in [1.82, 2.24) is 15.0 Å². The molecular formula is C25H25N5O. The SMILES string of the molecule is O=C1CC(C=Cc2ccccc2)Cc2nc(N3CCN(c4ccccn4)CC3)ncc21. The molecular weight excluding hydrogens is 386 g/mol. The number of benzene rings is 1. The van der Waals surface area contributed by atoms with E-state index in [0.29, 0.717) is 12.0 Å². The minimum absolute atomic E-state index is 0.135. The van der Waals surface area contributed by atoms with E-state index in [2.05, 4.69) is 44.1 Å². The van der Waals surface area contributed by atoms with Crippen LogP contribution in [0.2, 0.25) is 0 Å². The van der Waals surface area contributed by atoms with E-state index in [1.165, 1.54) is 0 Å². The number of anilines is 2. The number of aromatic nitrogens is 3. The summed E-state index contributed by atoms with van der Waals surface area (Å²) >= 11 is 0. The van der Waals surface area contributed by atoms with Crippen LogP contribution in [-0.4, -0.2) is 46.9 Å². The van der Waals surface area contributed by atoms with Gasteiger partial charge in [0.1, 0.15) is 5.82 Å². The first-order chi connectivity index (χ1) is 15.3. The molecule has 6 nitrogen and oxygen atoms in total. The lowest BCUT2D eigenvalue weighted by atomic mass is 9.86. The lowest BCUT2D eigenvalue weighted by Gasteiger charge is -2.35. The number of hydrogen-bond acceptors (Lipinski definition) is 6. The molecule has 1 aliphatic carbocycles. The summed E-state index contributed by atoms with van der Waals surface area (Å²) in [5.41, 5.74) is 2.70. The molecule has 6 heteroatoms. The summed E-state index contributed by atoms with van der Waals surface area (Å²) in [5.74, 6) is 2.03. The van der Waals surface area contributed by atoms with Crippen molar-refractivity contribution in [2.75, 3.05) is 36.0 Å². The first kappa shape index (κ1) is 19.4. The number of pyridine rings is 1. The van der Waals surface area contributed by atoms with Crippen LogP contribution in [0, 0.1) is 5.92 Å². The van der Waals surface area contributed by atoms with Gasteiger partial charge in [0.2, 0.25) is 5.95 Å². The van der Waals surface area contributed by atoms with Gasteiger partial charge in [0.05, 0.1) is 11.3 Å². The number of allylic oxidation sites excluding steroid dienone is 1. The molecule has 1 unspecified atom stereocenters. The molecule has 0 saturated carbocycles. The van der Waals surface area contributed by atoms with Crippen molar-refractivity contribution in [1.29, 1.82) is 0 Å². The molecule has 1 saturated heterocycles. The predicted molar refractivity (Wildman–Crippen MR) is 122 cm³/mol. The molecule has 3 heterocycles. The predicted octanol–water partition coefficient (Wildman–Crippen LogP) is 3.66. The van der Waals surface area contributed by atoms with Crippen LogP contribution >= 0.6 is 0 Å². The summed E-state index contributed by atoms with van der Waals surface area (Å²) in [4.78, 5) is 30.9. The van der Waals surface area contributed by atoms with Crippen LogP contribution < -0.4 is 9.80 Å². The highest BCUT2D eigenvalue weighted by atomic mass is 16.1. The van der Waals surface area contributed by atoms with E-state index < -0.39 is 0 Å². The van der Waals surface area contributed by atoms with Gasteiger partial charge in [-0.1, -0.05) is 48.6 Å². The summed E-state index contributed by atoms with van der Waals surface area (Å²) in [6, 6.07) is 16.2. The number of ketones is 1. The van der Waals surface area contributed by atoms with E-state index in [4.69, 9.17) is 4.98 Å². The maximum Gasteiger partial charge on any atom is 0.225 e. The molecule has 1 fully saturated rings. The Morgan fingerprint density at radius 3 is 2.42 bits per heavy atom. The van der Waals surface area contributed by atoms with E-state index in [1.807, 2.05) is 42.6 Å². The molecule has 0 amide bonds. The lowest BCUT2D eigenvalue weighted by Crippen LogP contribution is -2.47. The zero-order chi connectivity index (χ0) is 21.0. The Kier molecular flexibility index (Phi) is 5.44. The van der Waals surface area contributed by atoms with E-state index in [-0.39, 0.29) is 11.7 Å². The Morgan fingerprint density at radius 2 is 1.65 bits per heavy atom. The van der Waals surface area contributed by atoms with Crippen molar-refractivity contribution in [3.05, 3.63) is 83.8 Å². The van der Waals surface area contributed by atoms with Gasteiger partial charge < -0.3 is 9.80 Å². The van der Waals surface area contributed by atoms with Crippen molar-refractivity contribution in [3.63, 3.8) is 0 Å². The molecule has 0 bridgehead atoms. The second-order valence-corrected chi connectivity index (χ2v) is 8.05. The van der Waals surface area contributed by atoms with Gasteiger partial charge in [0.15, 0.2) is 5.78 Å². The number of carbonyl (C=O) groups excluding carboxylic acids is 1. The van der Waals surface area contributed by atoms with Gasteiger partial charge in [-0.15, -0.1) is 0 Å². The fraction of sp³-hybridized carbons (Fsp3) is 0.280. The van der Waals surface area contributed by atoms with Gasteiger partial charge in [-0.2, -0.15) is 0 Å². The summed E-state index contributed by atoms with van der Waals surface area (Å²) in [6.07, 6.45) is 9.08. The minimum atomic E-state index is 0.135. The third-order valence-electron chi connectivity index (χ3n) is 5.95. The number of piperazine rings is 1. The van der Waals surface area contributed by atoms with E-state index in [0.717, 1.165) is 55.6 Å². The van der Waals surface area contributed by atoms with Crippen LogP contribution in [0.1, 0.15) is 28.0 Å². The molecule has 1 atom stereocenters. The van der Waals surface area contributed by atoms with Crippen LogP contribution in [0.5, 0.6) is 0 Å². The molecule has 3 aromatic rings. The van der Waals surface area contributed by atoms with E-state index in [1.54, 1.807) is 6.20 Å². The maximum atomic E-state index is 12.7. The summed E-state index contributed by atoms with van der Waals surface area (Å²) in [7, 11) is 0. The van der Waals surface area contributed by atoms with Crippen molar-refractivity contribution in [2.24, 2.45) is 5.92 Å². The molecule has 2 aliphatic rings. The van der Waals surface area contributed by atoms with Crippen LogP contribution in [0.25, 0.3) is 6.08 Å². The van der Waals surface area contributed by atoms with Gasteiger partial charge in [-0.25, -0.2) is 15.0 Å². The molecule has 1 aliphatic heterocycles. The smallest absolute Gasteiger partial charge is 0.225 e. The standard InChI is InChI=1S/C25H25N5O/c31-23-17-20(10-9-19-6-2-1-3-7-19)16-22-21(23)18-27-25(28-22)30-14-12-29(13-15-30)24-8-4-5-11-26-24/h1-11,18,20H,12-17H2. The molecule has 1 aromatic carbocycles. The van der Waals surface area contributed by atoms with Gasteiger partial charge in [-0.3, -0.25) is 4.79 Å². The van der Waals surface area contributed by atoms with Crippen LogP contribution in [0.15, 0.2) is 67.0 Å². The number of carbonyl (C=O) groups is 1. The Hall–Kier alpha value is -3.54. The Labute approximate surface area is 182 Å². The highest BCUT2D eigenvalue weighted by Crippen LogP contribution is 2.27. The second-order valence-electron chi connectivity index (χ2n) is 8.05. The maximum absolute atomic E-state index is 12.7. The van der Waals surface area contributed by atoms with Crippen molar-refractivity contribution < 1.29 is 4.79 Å². The topological polar surface area (TPSA) is 62.2 Å². The normalized spacial score (nSPS) is 19.0. The third-order valence-corrected chi connectivity index (χ3v) is 5.95.